The van der Waals surface area contributed by atoms with Crippen LogP contribution in [0.4, 0.5) is 11.5 Å². The second kappa shape index (κ2) is 14.3. The van der Waals surface area contributed by atoms with Gasteiger partial charge in [-0.1, -0.05) is 51.6 Å². The Morgan fingerprint density at radius 3 is 2.41 bits per heavy atom. The number of aromatic amines is 1. The molecule has 3 N–H and O–H groups in total. The number of benzene rings is 1. The fourth-order valence-corrected chi connectivity index (χ4v) is 4.23. The number of thioether (sulfide) groups is 1. The summed E-state index contributed by atoms with van der Waals surface area (Å²) in [6, 6.07) is 7.68. The van der Waals surface area contributed by atoms with Crippen LogP contribution in [0.25, 0.3) is 5.69 Å². The Morgan fingerprint density at radius 2 is 1.85 bits per heavy atom. The molecule has 39 heavy (non-hydrogen) atoms. The molecule has 0 atom stereocenters. The first kappa shape index (κ1) is 31.3. The number of nitrogens with two attached hydrogens (primary N) is 1. The summed E-state index contributed by atoms with van der Waals surface area (Å²) in [5.41, 5.74) is 6.79. The molecule has 13 nitrogen and oxygen atoms in total. The van der Waals surface area contributed by atoms with E-state index in [4.69, 9.17) is 5.73 Å². The van der Waals surface area contributed by atoms with Gasteiger partial charge in [0.15, 0.2) is 5.69 Å². The molecule has 0 saturated heterocycles. The van der Waals surface area contributed by atoms with Gasteiger partial charge in [-0.25, -0.2) is 4.79 Å². The molecule has 0 bridgehead atoms. The molecule has 0 aliphatic heterocycles. The summed E-state index contributed by atoms with van der Waals surface area (Å²) >= 11 is 1.16. The highest BCUT2D eigenvalue weighted by Crippen LogP contribution is 2.23. The second-order valence-corrected chi connectivity index (χ2v) is 10.9. The van der Waals surface area contributed by atoms with E-state index >= 15 is 0 Å². The molecule has 3 aromatic rings. The predicted molar refractivity (Wildman–Crippen MR) is 152 cm³/mol. The maximum absolute atomic E-state index is 13.3. The highest BCUT2D eigenvalue weighted by atomic mass is 32.2. The van der Waals surface area contributed by atoms with Crippen LogP contribution in [0.1, 0.15) is 33.3 Å². The maximum atomic E-state index is 13.3. The Kier molecular flexibility index (Phi) is 11.5. The first-order valence-electron chi connectivity index (χ1n) is 12.4. The third-order valence-electron chi connectivity index (χ3n) is 5.10. The zero-order valence-corrected chi connectivity index (χ0v) is 24.2. The van der Waals surface area contributed by atoms with Crippen LogP contribution in [0.3, 0.4) is 0 Å². The number of nitrogens with zero attached hydrogens (tertiary/aromatic N) is 7. The smallest absolute Gasteiger partial charge is 0.330 e. The zero-order chi connectivity index (χ0) is 29.3. The molecule has 0 aliphatic rings. The van der Waals surface area contributed by atoms with Gasteiger partial charge in [0, 0.05) is 27.2 Å². The number of carbonyl (C=O) groups is 2. The first-order valence-corrected chi connectivity index (χ1v) is 13.4. The minimum absolute atomic E-state index is 0.0159. The van der Waals surface area contributed by atoms with Gasteiger partial charge in [-0.3, -0.25) is 23.9 Å². The number of carbonyl (C=O) groups excluding carboxylic acids is 2. The van der Waals surface area contributed by atoms with E-state index in [1.165, 1.54) is 14.4 Å². The SMILES string of the molecule is CN(C)C=O.Cc1cccc(-n2nnnc2SCC(=O)N(CC(C)C)c2c(N)n(CC(C)C)c(=O)[nH]c2=O)c1. The van der Waals surface area contributed by atoms with Crippen molar-refractivity contribution in [3.8, 4) is 5.69 Å². The fraction of sp³-hybridized carbons (Fsp3) is 0.480. The zero-order valence-electron chi connectivity index (χ0n) is 23.4. The lowest BCUT2D eigenvalue weighted by Crippen LogP contribution is -2.43. The van der Waals surface area contributed by atoms with Crippen LogP contribution in [0.5, 0.6) is 0 Å². The van der Waals surface area contributed by atoms with Crippen molar-refractivity contribution >= 4 is 35.6 Å². The quantitative estimate of drug-likeness (QED) is 0.277. The number of hydrogen-bond acceptors (Lipinski definition) is 9. The molecule has 14 heteroatoms. The molecule has 3 rings (SSSR count). The van der Waals surface area contributed by atoms with Crippen LogP contribution in [-0.2, 0) is 16.1 Å². The highest BCUT2D eigenvalue weighted by molar-refractivity contribution is 7.99. The number of tetrazole rings is 1. The number of aromatic nitrogens is 6. The van der Waals surface area contributed by atoms with Crippen LogP contribution in [0.2, 0.25) is 0 Å². The van der Waals surface area contributed by atoms with E-state index in [1.807, 2.05) is 58.9 Å². The van der Waals surface area contributed by atoms with E-state index in [-0.39, 0.29) is 41.5 Å². The summed E-state index contributed by atoms with van der Waals surface area (Å²) in [4.78, 5) is 52.9. The fourth-order valence-electron chi connectivity index (χ4n) is 3.46. The molecule has 212 valence electrons. The highest BCUT2D eigenvalue weighted by Gasteiger charge is 2.26. The summed E-state index contributed by atoms with van der Waals surface area (Å²) in [6.45, 7) is 10.3. The van der Waals surface area contributed by atoms with Gasteiger partial charge in [0.25, 0.3) is 5.56 Å². The van der Waals surface area contributed by atoms with Gasteiger partial charge in [-0.05, 0) is 46.9 Å². The van der Waals surface area contributed by atoms with Crippen molar-refractivity contribution in [3.05, 3.63) is 50.7 Å². The molecule has 1 aromatic carbocycles. The van der Waals surface area contributed by atoms with E-state index in [0.29, 0.717) is 11.7 Å². The van der Waals surface area contributed by atoms with Crippen LogP contribution >= 0.6 is 11.8 Å². The molecule has 2 heterocycles. The molecule has 0 fully saturated rings. The van der Waals surface area contributed by atoms with E-state index in [9.17, 15) is 19.2 Å². The van der Waals surface area contributed by atoms with Gasteiger partial charge in [0.05, 0.1) is 11.4 Å². The van der Waals surface area contributed by atoms with Crippen LogP contribution in [0.15, 0.2) is 39.0 Å². The van der Waals surface area contributed by atoms with Crippen molar-refractivity contribution in [1.82, 2.24) is 34.7 Å². The Hall–Kier alpha value is -3.94. The van der Waals surface area contributed by atoms with Crippen molar-refractivity contribution < 1.29 is 9.59 Å². The largest absolute Gasteiger partial charge is 0.383 e. The molecule has 0 saturated carbocycles. The number of H-pyrrole nitrogens is 1. The van der Waals surface area contributed by atoms with Crippen LogP contribution in [0, 0.1) is 18.8 Å². The second-order valence-electron chi connectivity index (χ2n) is 9.97. The lowest BCUT2D eigenvalue weighted by atomic mass is 10.2. The van der Waals surface area contributed by atoms with Crippen molar-refractivity contribution in [2.45, 2.75) is 46.3 Å². The number of rotatable bonds is 10. The molecular weight excluding hydrogens is 522 g/mol. The number of aryl methyl sites for hydroxylation is 1. The van der Waals surface area contributed by atoms with Crippen molar-refractivity contribution in [1.29, 1.82) is 0 Å². The van der Waals surface area contributed by atoms with Gasteiger partial charge in [-0.2, -0.15) is 4.68 Å². The van der Waals surface area contributed by atoms with Crippen molar-refractivity contribution in [3.63, 3.8) is 0 Å². The first-order chi connectivity index (χ1) is 18.3. The molecular formula is C25H37N9O4S. The molecule has 2 amide bonds. The lowest BCUT2D eigenvalue weighted by Gasteiger charge is -2.26. The summed E-state index contributed by atoms with van der Waals surface area (Å²) < 4.78 is 2.86. The maximum Gasteiger partial charge on any atom is 0.330 e. The van der Waals surface area contributed by atoms with Gasteiger partial charge >= 0.3 is 5.69 Å². The summed E-state index contributed by atoms with van der Waals surface area (Å²) in [7, 11) is 3.38. The van der Waals surface area contributed by atoms with Gasteiger partial charge < -0.3 is 15.5 Å². The van der Waals surface area contributed by atoms with E-state index in [2.05, 4.69) is 20.5 Å². The van der Waals surface area contributed by atoms with Gasteiger partial charge in [0.1, 0.15) is 5.82 Å². The third-order valence-corrected chi connectivity index (χ3v) is 6.01. The molecule has 0 aliphatic carbocycles. The molecule has 0 radical (unpaired) electrons. The molecule has 0 spiro atoms. The van der Waals surface area contributed by atoms with Crippen molar-refractivity contribution in [2.24, 2.45) is 11.8 Å². The van der Waals surface area contributed by atoms with Crippen LogP contribution < -0.4 is 21.9 Å². The van der Waals surface area contributed by atoms with Crippen molar-refractivity contribution in [2.75, 3.05) is 37.0 Å². The number of nitrogen functional groups attached to an aromatic ring is 1. The predicted octanol–water partition coefficient (Wildman–Crippen LogP) is 1.54. The van der Waals surface area contributed by atoms with E-state index < -0.39 is 11.2 Å². The number of nitrogens with one attached hydrogen (secondary N) is 1. The van der Waals surface area contributed by atoms with Gasteiger partial charge in [0.2, 0.25) is 17.5 Å². The Bertz CT molecular complexity index is 1380. The monoisotopic (exact) mass is 559 g/mol. The standard InChI is InChI=1S/C22H30N8O3S.C3H7NO/c1-13(2)10-28(18-19(23)29(11-14(3)4)21(33)24-20(18)32)17(31)12-34-22-25-26-27-30(22)16-8-6-7-15(5)9-16;1-4(2)3-5/h6-9,13-14H,10-12,23H2,1-5H3,(H,24,32,33);3H,1-2H3. The van der Waals surface area contributed by atoms with E-state index in [1.54, 1.807) is 18.8 Å². The normalized spacial score (nSPS) is 10.8. The average molecular weight is 560 g/mol. The molecule has 2 aromatic heterocycles. The minimum Gasteiger partial charge on any atom is -0.383 e. The number of amides is 2. The van der Waals surface area contributed by atoms with Gasteiger partial charge in [-0.15, -0.1) is 5.10 Å². The summed E-state index contributed by atoms with van der Waals surface area (Å²) in [5.74, 6) is -0.225. The Balaban J connectivity index is 0.000000976. The molecule has 0 unspecified atom stereocenters. The Morgan fingerprint density at radius 1 is 1.18 bits per heavy atom. The number of anilines is 2. The number of hydrogen-bond donors (Lipinski definition) is 2. The minimum atomic E-state index is -0.689. The summed E-state index contributed by atoms with van der Waals surface area (Å²) in [5, 5.41) is 12.2. The van der Waals surface area contributed by atoms with Crippen LogP contribution in [-0.4, -0.2) is 73.4 Å². The summed E-state index contributed by atoms with van der Waals surface area (Å²) in [6.07, 6.45) is 0.750. The van der Waals surface area contributed by atoms with E-state index in [0.717, 1.165) is 29.4 Å². The Labute approximate surface area is 231 Å². The lowest BCUT2D eigenvalue weighted by molar-refractivity contribution is -0.116. The average Bonchev–Trinajstić information content (AvgIpc) is 3.33. The topological polar surface area (TPSA) is 165 Å². The third kappa shape index (κ3) is 8.80.